The van der Waals surface area contributed by atoms with Gasteiger partial charge in [-0.15, -0.1) is 0 Å². The van der Waals surface area contributed by atoms with E-state index in [4.69, 9.17) is 71.1 Å². The van der Waals surface area contributed by atoms with Crippen LogP contribution in [0.3, 0.4) is 0 Å². The third-order valence-corrected chi connectivity index (χ3v) is 5.85. The molecule has 0 fully saturated rings. The Kier molecular flexibility index (Phi) is 42.6. The number of carbonyl (C=O) groups excluding carboxylic acids is 1. The molecule has 0 rings (SSSR count). The van der Waals surface area contributed by atoms with Gasteiger partial charge in [-0.1, -0.05) is 6.58 Å². The maximum absolute atomic E-state index is 11.2. The highest BCUT2D eigenvalue weighted by molar-refractivity contribution is 5.86. The normalized spacial score (nSPS) is 11.4. The van der Waals surface area contributed by atoms with E-state index in [1.165, 1.54) is 0 Å². The van der Waals surface area contributed by atoms with Crippen LogP contribution in [0, 0.1) is 0 Å². The molecule has 0 aliphatic carbocycles. The summed E-state index contributed by atoms with van der Waals surface area (Å²) in [5.41, 5.74) is 0.368. The average Bonchev–Trinajstić information content (AvgIpc) is 3.11. The molecule has 0 radical (unpaired) electrons. The van der Waals surface area contributed by atoms with Crippen molar-refractivity contribution in [1.29, 1.82) is 0 Å². The monoisotopic (exact) mass is 730 g/mol. The topological polar surface area (TPSA) is 156 Å². The largest absolute Gasteiger partial charge is 0.460 e. The molecule has 0 aromatic carbocycles. The zero-order valence-electron chi connectivity index (χ0n) is 30.7. The molecule has 50 heavy (non-hydrogen) atoms. The van der Waals surface area contributed by atoms with Gasteiger partial charge in [0.05, 0.1) is 178 Å². The molecule has 0 spiro atoms. The van der Waals surface area contributed by atoms with Crippen LogP contribution in [0.25, 0.3) is 0 Å². The zero-order chi connectivity index (χ0) is 36.3. The Labute approximate surface area is 299 Å². The SMILES string of the molecule is C=C(C)C(=O)OCCOCCOCCOCCOCCOCCOCCOCCOCCOCCOCCOCCOCCOCCOCC. The van der Waals surface area contributed by atoms with Gasteiger partial charge in [0.25, 0.3) is 0 Å². The summed E-state index contributed by atoms with van der Waals surface area (Å²) < 4.78 is 80.8. The molecule has 0 atom stereocenters. The van der Waals surface area contributed by atoms with Crippen molar-refractivity contribution in [1.82, 2.24) is 0 Å². The Hall–Kier alpha value is -1.35. The molecular formula is C34H66O16. The van der Waals surface area contributed by atoms with Crippen LogP contribution < -0.4 is 0 Å². The molecule has 0 unspecified atom stereocenters. The molecule has 0 saturated carbocycles. The van der Waals surface area contributed by atoms with Crippen molar-refractivity contribution in [3.63, 3.8) is 0 Å². The van der Waals surface area contributed by atoms with Gasteiger partial charge in [-0.3, -0.25) is 0 Å². The fraction of sp³-hybridized carbons (Fsp3) is 0.912. The predicted octanol–water partition coefficient (Wildman–Crippen LogP) is 1.36. The van der Waals surface area contributed by atoms with Crippen LogP contribution in [0.4, 0.5) is 0 Å². The van der Waals surface area contributed by atoms with Crippen LogP contribution in [-0.2, 0) is 75.8 Å². The van der Waals surface area contributed by atoms with Gasteiger partial charge < -0.3 is 71.1 Å². The summed E-state index contributed by atoms with van der Waals surface area (Å²) in [6.45, 7) is 21.4. The van der Waals surface area contributed by atoms with Gasteiger partial charge >= 0.3 is 5.97 Å². The highest BCUT2D eigenvalue weighted by atomic mass is 16.6. The highest BCUT2D eigenvalue weighted by Crippen LogP contribution is 1.92. The van der Waals surface area contributed by atoms with Gasteiger partial charge in [0, 0.05) is 12.2 Å². The fourth-order valence-electron chi connectivity index (χ4n) is 3.32. The van der Waals surface area contributed by atoms with Crippen LogP contribution in [-0.4, -0.2) is 198 Å². The Morgan fingerprint density at radius 2 is 0.480 bits per heavy atom. The van der Waals surface area contributed by atoms with Gasteiger partial charge in [-0.2, -0.15) is 0 Å². The lowest BCUT2D eigenvalue weighted by Crippen LogP contribution is -2.16. The van der Waals surface area contributed by atoms with Crippen molar-refractivity contribution in [2.24, 2.45) is 0 Å². The highest BCUT2D eigenvalue weighted by Gasteiger charge is 2.02. The zero-order valence-corrected chi connectivity index (χ0v) is 30.7. The van der Waals surface area contributed by atoms with E-state index >= 15 is 0 Å². The van der Waals surface area contributed by atoms with E-state index < -0.39 is 5.97 Å². The molecule has 0 aromatic heterocycles. The number of hydrogen-bond acceptors (Lipinski definition) is 16. The van der Waals surface area contributed by atoms with Gasteiger partial charge in [0.15, 0.2) is 0 Å². The van der Waals surface area contributed by atoms with Gasteiger partial charge in [0.1, 0.15) is 6.61 Å². The third-order valence-electron chi connectivity index (χ3n) is 5.85. The molecule has 0 aliphatic heterocycles. The Morgan fingerprint density at radius 3 is 0.640 bits per heavy atom. The fourth-order valence-corrected chi connectivity index (χ4v) is 3.32. The second-order valence-corrected chi connectivity index (χ2v) is 10.1. The molecule has 16 heteroatoms. The van der Waals surface area contributed by atoms with Crippen LogP contribution in [0.1, 0.15) is 13.8 Å². The lowest BCUT2D eigenvalue weighted by molar-refractivity contribution is -0.140. The van der Waals surface area contributed by atoms with Crippen LogP contribution in [0.2, 0.25) is 0 Å². The first-order valence-electron chi connectivity index (χ1n) is 17.6. The first-order valence-corrected chi connectivity index (χ1v) is 17.6. The second-order valence-electron chi connectivity index (χ2n) is 10.1. The van der Waals surface area contributed by atoms with Crippen molar-refractivity contribution in [3.05, 3.63) is 12.2 Å². The van der Waals surface area contributed by atoms with E-state index in [0.29, 0.717) is 191 Å². The summed E-state index contributed by atoms with van der Waals surface area (Å²) in [4.78, 5) is 11.2. The number of rotatable bonds is 44. The summed E-state index contributed by atoms with van der Waals surface area (Å²) in [5.74, 6) is -0.414. The van der Waals surface area contributed by atoms with Crippen molar-refractivity contribution in [3.8, 4) is 0 Å². The molecule has 0 bridgehead atoms. The molecule has 0 N–H and O–H groups in total. The second kappa shape index (κ2) is 43.8. The Balaban J connectivity index is 3.07. The lowest BCUT2D eigenvalue weighted by Gasteiger charge is -2.09. The molecule has 0 aromatic rings. The predicted molar refractivity (Wildman–Crippen MR) is 183 cm³/mol. The molecule has 0 heterocycles. The molecule has 0 saturated heterocycles. The van der Waals surface area contributed by atoms with E-state index in [-0.39, 0.29) is 6.61 Å². The summed E-state index contributed by atoms with van der Waals surface area (Å²) in [6, 6.07) is 0. The lowest BCUT2D eigenvalue weighted by atomic mass is 10.4. The maximum Gasteiger partial charge on any atom is 0.333 e. The van der Waals surface area contributed by atoms with Gasteiger partial charge in [-0.05, 0) is 13.8 Å². The van der Waals surface area contributed by atoms with Crippen molar-refractivity contribution in [2.75, 3.05) is 192 Å². The van der Waals surface area contributed by atoms with Gasteiger partial charge in [0.2, 0.25) is 0 Å². The van der Waals surface area contributed by atoms with Crippen molar-refractivity contribution in [2.45, 2.75) is 13.8 Å². The van der Waals surface area contributed by atoms with Crippen LogP contribution >= 0.6 is 0 Å². The van der Waals surface area contributed by atoms with E-state index in [1.54, 1.807) is 6.92 Å². The first-order chi connectivity index (χ1) is 24.7. The Bertz CT molecular complexity index is 688. The minimum atomic E-state index is -0.414. The van der Waals surface area contributed by atoms with E-state index in [1.807, 2.05) is 6.92 Å². The standard InChI is InChI=1S/C34H66O16/c1-4-36-5-6-37-7-8-38-9-10-39-11-12-40-13-14-41-15-16-42-17-18-43-19-20-44-21-22-45-23-24-46-25-26-47-27-28-48-29-30-49-31-32-50-34(35)33(2)3/h2,4-32H2,1,3H3. The molecule has 16 nitrogen and oxygen atoms in total. The van der Waals surface area contributed by atoms with Gasteiger partial charge in [-0.25, -0.2) is 4.79 Å². The first kappa shape index (κ1) is 48.6. The van der Waals surface area contributed by atoms with Crippen molar-refractivity contribution >= 4 is 5.97 Å². The van der Waals surface area contributed by atoms with Crippen molar-refractivity contribution < 1.29 is 75.8 Å². The number of hydrogen-bond donors (Lipinski definition) is 0. The Morgan fingerprint density at radius 1 is 0.320 bits per heavy atom. The third kappa shape index (κ3) is 42.8. The van der Waals surface area contributed by atoms with Crippen LogP contribution in [0.5, 0.6) is 0 Å². The van der Waals surface area contributed by atoms with Crippen LogP contribution in [0.15, 0.2) is 12.2 Å². The van der Waals surface area contributed by atoms with E-state index in [0.717, 1.165) is 0 Å². The van der Waals surface area contributed by atoms with E-state index in [9.17, 15) is 4.79 Å². The number of esters is 1. The summed E-state index contributed by atoms with van der Waals surface area (Å²) in [5, 5.41) is 0. The minimum absolute atomic E-state index is 0.197. The minimum Gasteiger partial charge on any atom is -0.460 e. The molecule has 0 amide bonds. The van der Waals surface area contributed by atoms with E-state index in [2.05, 4.69) is 6.58 Å². The summed E-state index contributed by atoms with van der Waals surface area (Å²) in [6.07, 6.45) is 0. The maximum atomic E-state index is 11.2. The summed E-state index contributed by atoms with van der Waals surface area (Å²) >= 11 is 0. The summed E-state index contributed by atoms with van der Waals surface area (Å²) in [7, 11) is 0. The number of ether oxygens (including phenoxy) is 15. The molecule has 0 aliphatic rings. The quantitative estimate of drug-likeness (QED) is 0.0503. The average molecular weight is 731 g/mol. The molecule has 298 valence electrons. The molecular weight excluding hydrogens is 664 g/mol. The number of carbonyl (C=O) groups is 1. The smallest absolute Gasteiger partial charge is 0.333 e.